The van der Waals surface area contributed by atoms with E-state index in [0.717, 1.165) is 16.4 Å². The maximum Gasteiger partial charge on any atom is 0.0870 e. The monoisotopic (exact) mass is 259 g/mol. The third-order valence-corrected chi connectivity index (χ3v) is 4.99. The molecule has 4 rings (SSSR count). The van der Waals surface area contributed by atoms with Crippen LogP contribution in [0.2, 0.25) is 0 Å². The third kappa shape index (κ3) is 1.15. The van der Waals surface area contributed by atoms with Crippen molar-refractivity contribution >= 4 is 59.2 Å². The van der Waals surface area contributed by atoms with Crippen LogP contribution >= 0.6 is 22.7 Å². The van der Waals surface area contributed by atoms with Gasteiger partial charge < -0.3 is 16.4 Å². The molecule has 3 aromatic rings. The van der Waals surface area contributed by atoms with Crippen LogP contribution in [0.1, 0.15) is 0 Å². The lowest BCUT2D eigenvalue weighted by Gasteiger charge is -2.16. The smallest absolute Gasteiger partial charge is 0.0870 e. The molecule has 0 saturated carbocycles. The first-order valence-electron chi connectivity index (χ1n) is 5.25. The number of thiophene rings is 2. The summed E-state index contributed by atoms with van der Waals surface area (Å²) in [7, 11) is 0. The first-order chi connectivity index (χ1) is 8.34. The normalized spacial score (nSPS) is 13.6. The molecule has 2 aromatic heterocycles. The number of nitrogens with two attached hydrogens (primary N) is 1. The standard InChI is InChI=1S/C12H9N3S2/c13-8-5-7-10-9(14-2-3-15-10)6-1-4-16-11(6)12(7)17-8/h1-5,14-15H,13H2. The van der Waals surface area contributed by atoms with Gasteiger partial charge in [-0.15, -0.1) is 22.7 Å². The van der Waals surface area contributed by atoms with E-state index in [1.54, 1.807) is 22.7 Å². The van der Waals surface area contributed by atoms with Crippen molar-refractivity contribution in [2.45, 2.75) is 0 Å². The predicted molar refractivity (Wildman–Crippen MR) is 78.0 cm³/mol. The highest BCUT2D eigenvalue weighted by atomic mass is 32.1. The van der Waals surface area contributed by atoms with Crippen LogP contribution < -0.4 is 16.4 Å². The Bertz CT molecular complexity index is 767. The van der Waals surface area contributed by atoms with Gasteiger partial charge in [-0.05, 0) is 17.5 Å². The second kappa shape index (κ2) is 3.15. The van der Waals surface area contributed by atoms with Gasteiger partial charge in [-0.25, -0.2) is 0 Å². The quantitative estimate of drug-likeness (QED) is 0.572. The number of benzene rings is 1. The van der Waals surface area contributed by atoms with Crippen LogP contribution in [0.15, 0.2) is 29.9 Å². The van der Waals surface area contributed by atoms with Gasteiger partial charge in [0.25, 0.3) is 0 Å². The molecule has 0 radical (unpaired) electrons. The lowest BCUT2D eigenvalue weighted by atomic mass is 10.1. The number of anilines is 3. The third-order valence-electron chi connectivity index (χ3n) is 2.95. The zero-order valence-corrected chi connectivity index (χ0v) is 10.4. The minimum Gasteiger partial charge on any atom is -0.391 e. The van der Waals surface area contributed by atoms with E-state index in [1.165, 1.54) is 20.2 Å². The molecule has 5 heteroatoms. The van der Waals surface area contributed by atoms with Crippen molar-refractivity contribution < 1.29 is 0 Å². The van der Waals surface area contributed by atoms with Crippen LogP contribution in [-0.4, -0.2) is 0 Å². The van der Waals surface area contributed by atoms with E-state index in [-0.39, 0.29) is 0 Å². The molecule has 3 nitrogen and oxygen atoms in total. The van der Waals surface area contributed by atoms with Gasteiger partial charge in [0.2, 0.25) is 0 Å². The fraction of sp³-hybridized carbons (Fsp3) is 0. The minimum absolute atomic E-state index is 0.861. The van der Waals surface area contributed by atoms with Crippen molar-refractivity contribution in [3.8, 4) is 0 Å². The van der Waals surface area contributed by atoms with E-state index >= 15 is 0 Å². The highest BCUT2D eigenvalue weighted by Gasteiger charge is 2.17. The fourth-order valence-electron chi connectivity index (χ4n) is 2.27. The predicted octanol–water partition coefficient (Wildman–Crippen LogP) is 4.01. The van der Waals surface area contributed by atoms with Gasteiger partial charge in [-0.2, -0.15) is 0 Å². The number of nitrogen functional groups attached to an aromatic ring is 1. The van der Waals surface area contributed by atoms with Crippen molar-refractivity contribution in [2.75, 3.05) is 16.4 Å². The molecule has 1 aromatic carbocycles. The van der Waals surface area contributed by atoms with Gasteiger partial charge in [-0.1, -0.05) is 0 Å². The van der Waals surface area contributed by atoms with Crippen LogP contribution in [0.25, 0.3) is 20.2 Å². The Morgan fingerprint density at radius 3 is 2.59 bits per heavy atom. The molecule has 1 aliphatic heterocycles. The van der Waals surface area contributed by atoms with Crippen LogP contribution in [0.4, 0.5) is 16.4 Å². The molecule has 0 amide bonds. The van der Waals surface area contributed by atoms with Crippen molar-refractivity contribution in [3.05, 3.63) is 29.9 Å². The maximum atomic E-state index is 5.94. The number of hydrogen-bond donors (Lipinski definition) is 3. The average Bonchev–Trinajstić information content (AvgIpc) is 2.94. The highest BCUT2D eigenvalue weighted by Crippen LogP contribution is 2.47. The van der Waals surface area contributed by atoms with E-state index in [2.05, 4.69) is 22.1 Å². The summed E-state index contributed by atoms with van der Waals surface area (Å²) in [6, 6.07) is 4.20. The van der Waals surface area contributed by atoms with E-state index in [1.807, 2.05) is 18.5 Å². The summed E-state index contributed by atoms with van der Waals surface area (Å²) in [4.78, 5) is 0. The summed E-state index contributed by atoms with van der Waals surface area (Å²) < 4.78 is 2.58. The van der Waals surface area contributed by atoms with Gasteiger partial charge in [0.15, 0.2) is 0 Å². The molecule has 84 valence electrons. The number of rotatable bonds is 0. The van der Waals surface area contributed by atoms with E-state index in [9.17, 15) is 0 Å². The van der Waals surface area contributed by atoms with Crippen LogP contribution in [-0.2, 0) is 0 Å². The van der Waals surface area contributed by atoms with Crippen LogP contribution in [0.3, 0.4) is 0 Å². The molecule has 0 aliphatic carbocycles. The first kappa shape index (κ1) is 9.32. The molecule has 0 atom stereocenters. The zero-order valence-electron chi connectivity index (χ0n) is 8.78. The Hall–Kier alpha value is -1.72. The summed E-state index contributed by atoms with van der Waals surface area (Å²) in [5.74, 6) is 0. The second-order valence-electron chi connectivity index (χ2n) is 3.93. The first-order valence-corrected chi connectivity index (χ1v) is 6.94. The lowest BCUT2D eigenvalue weighted by Crippen LogP contribution is -2.02. The van der Waals surface area contributed by atoms with Gasteiger partial charge in [0, 0.05) is 23.2 Å². The Kier molecular flexibility index (Phi) is 1.73. The van der Waals surface area contributed by atoms with Crippen LogP contribution in [0, 0.1) is 0 Å². The van der Waals surface area contributed by atoms with Crippen molar-refractivity contribution in [1.82, 2.24) is 0 Å². The molecule has 17 heavy (non-hydrogen) atoms. The van der Waals surface area contributed by atoms with Gasteiger partial charge in [0.1, 0.15) is 0 Å². The highest BCUT2D eigenvalue weighted by molar-refractivity contribution is 7.28. The Labute approximate surface area is 106 Å². The number of nitrogens with one attached hydrogen (secondary N) is 2. The Balaban J connectivity index is 2.29. The molecular formula is C12H9N3S2. The summed E-state index contributed by atoms with van der Waals surface area (Å²) in [5, 5.41) is 12.1. The Morgan fingerprint density at radius 1 is 1.00 bits per heavy atom. The summed E-state index contributed by atoms with van der Waals surface area (Å²) in [5.41, 5.74) is 8.21. The van der Waals surface area contributed by atoms with Crippen molar-refractivity contribution in [1.29, 1.82) is 0 Å². The van der Waals surface area contributed by atoms with E-state index in [0.29, 0.717) is 0 Å². The van der Waals surface area contributed by atoms with E-state index < -0.39 is 0 Å². The zero-order chi connectivity index (χ0) is 11.4. The molecule has 0 saturated heterocycles. The van der Waals surface area contributed by atoms with Crippen molar-refractivity contribution in [3.63, 3.8) is 0 Å². The molecular weight excluding hydrogens is 250 g/mol. The number of hydrogen-bond acceptors (Lipinski definition) is 5. The maximum absolute atomic E-state index is 5.94. The van der Waals surface area contributed by atoms with Gasteiger partial charge in [0.05, 0.1) is 25.8 Å². The molecule has 0 spiro atoms. The van der Waals surface area contributed by atoms with Gasteiger partial charge >= 0.3 is 0 Å². The van der Waals surface area contributed by atoms with Crippen molar-refractivity contribution in [2.24, 2.45) is 0 Å². The number of fused-ring (bicyclic) bond motifs is 6. The molecule has 3 heterocycles. The fourth-order valence-corrected chi connectivity index (χ4v) is 4.28. The molecule has 0 unspecified atom stereocenters. The molecule has 0 bridgehead atoms. The Morgan fingerprint density at radius 2 is 1.76 bits per heavy atom. The SMILES string of the molecule is Nc1cc2c3c(c4ccsc4c2s1)NC=CN3. The lowest BCUT2D eigenvalue weighted by molar-refractivity contribution is 1.52. The summed E-state index contributed by atoms with van der Waals surface area (Å²) in [6.07, 6.45) is 3.83. The summed E-state index contributed by atoms with van der Waals surface area (Å²) >= 11 is 3.42. The molecule has 1 aliphatic rings. The van der Waals surface area contributed by atoms with E-state index in [4.69, 9.17) is 5.73 Å². The average molecular weight is 259 g/mol. The second-order valence-corrected chi connectivity index (χ2v) is 5.93. The molecule has 4 N–H and O–H groups in total. The molecule has 0 fully saturated rings. The summed E-state index contributed by atoms with van der Waals surface area (Å²) in [6.45, 7) is 0. The minimum atomic E-state index is 0.861. The largest absolute Gasteiger partial charge is 0.391 e. The van der Waals surface area contributed by atoms with Crippen LogP contribution in [0.5, 0.6) is 0 Å². The topological polar surface area (TPSA) is 50.1 Å². The van der Waals surface area contributed by atoms with Gasteiger partial charge in [-0.3, -0.25) is 0 Å².